The molecule has 206 valence electrons. The minimum absolute atomic E-state index is 0.0617. The highest BCUT2D eigenvalue weighted by Gasteiger charge is 2.42. The third kappa shape index (κ3) is 5.20. The molecule has 0 bridgehead atoms. The summed E-state index contributed by atoms with van der Waals surface area (Å²) in [4.78, 5) is 18.8. The molecule has 1 amide bonds. The van der Waals surface area contributed by atoms with Crippen LogP contribution in [0.2, 0.25) is 10.0 Å². The van der Waals surface area contributed by atoms with Gasteiger partial charge in [-0.3, -0.25) is 9.78 Å². The molecule has 2 aromatic heterocycles. The van der Waals surface area contributed by atoms with Gasteiger partial charge >= 0.3 is 0 Å². The lowest BCUT2D eigenvalue weighted by Crippen LogP contribution is -2.29. The second-order valence-electron chi connectivity index (χ2n) is 9.69. The number of aromatic nitrogens is 2. The monoisotopic (exact) mass is 593 g/mol. The van der Waals surface area contributed by atoms with Crippen LogP contribution in [-0.2, 0) is 9.53 Å². The van der Waals surface area contributed by atoms with E-state index in [1.54, 1.807) is 12.3 Å². The van der Waals surface area contributed by atoms with E-state index < -0.39 is 0 Å². The summed E-state index contributed by atoms with van der Waals surface area (Å²) < 4.78 is 7.15. The first-order valence-electron chi connectivity index (χ1n) is 12.7. The van der Waals surface area contributed by atoms with E-state index in [1.807, 2.05) is 49.4 Å². The minimum Gasteiger partial charge on any atom is -0.375 e. The maximum Gasteiger partial charge on any atom is 0.250 e. The van der Waals surface area contributed by atoms with Crippen LogP contribution in [0.5, 0.6) is 0 Å². The highest BCUT2D eigenvalue weighted by Crippen LogP contribution is 2.45. The van der Waals surface area contributed by atoms with Crippen LogP contribution in [0.15, 0.2) is 66.9 Å². The molecular weight excluding hydrogens is 565 g/mol. The van der Waals surface area contributed by atoms with Crippen LogP contribution in [-0.4, -0.2) is 34.3 Å². The number of carbonyl (C=O) groups excluding carboxylic acids is 1. The molecule has 5 rings (SSSR count). The normalized spacial score (nSPS) is 16.8. The zero-order valence-corrected chi connectivity index (χ0v) is 24.9. The Morgan fingerprint density at radius 3 is 2.58 bits per heavy atom. The number of thiocarbonyl (C=S) groups is 1. The summed E-state index contributed by atoms with van der Waals surface area (Å²) in [5.41, 5.74) is 7.43. The van der Waals surface area contributed by atoms with E-state index in [4.69, 9.17) is 40.2 Å². The molecule has 0 saturated carbocycles. The number of halogens is 2. The fraction of sp³-hybridized carbons (Fsp3) is 0.233. The summed E-state index contributed by atoms with van der Waals surface area (Å²) >= 11 is 19.1. The quantitative estimate of drug-likeness (QED) is 0.228. The number of hydrogen-bond acceptors (Lipinski definition) is 4. The lowest BCUT2D eigenvalue weighted by Gasteiger charge is -2.28. The molecule has 0 radical (unpaired) electrons. The number of anilines is 2. The van der Waals surface area contributed by atoms with Crippen LogP contribution in [0.25, 0.3) is 5.69 Å². The van der Waals surface area contributed by atoms with Crippen molar-refractivity contribution in [3.05, 3.63) is 105 Å². The number of methoxy groups -OCH3 is 1. The fourth-order valence-electron chi connectivity index (χ4n) is 5.32. The van der Waals surface area contributed by atoms with Gasteiger partial charge in [0.05, 0.1) is 28.5 Å². The lowest BCUT2D eigenvalue weighted by atomic mass is 9.96. The first kappa shape index (κ1) is 28.1. The average molecular weight is 595 g/mol. The molecule has 1 aliphatic rings. The Kier molecular flexibility index (Phi) is 8.14. The van der Waals surface area contributed by atoms with Crippen molar-refractivity contribution in [3.8, 4) is 5.69 Å². The Morgan fingerprint density at radius 1 is 1.07 bits per heavy atom. The van der Waals surface area contributed by atoms with Gasteiger partial charge in [0.2, 0.25) is 5.91 Å². The third-order valence-corrected chi connectivity index (χ3v) is 8.18. The fourth-order valence-corrected chi connectivity index (χ4v) is 6.06. The van der Waals surface area contributed by atoms with Crippen molar-refractivity contribution in [2.45, 2.75) is 32.9 Å². The Balaban J connectivity index is 1.63. The van der Waals surface area contributed by atoms with E-state index >= 15 is 0 Å². The molecule has 2 aromatic carbocycles. The molecule has 0 spiro atoms. The number of aryl methyl sites for hydroxylation is 1. The van der Waals surface area contributed by atoms with Gasteiger partial charge in [-0.1, -0.05) is 35.3 Å². The van der Waals surface area contributed by atoms with Crippen LogP contribution < -0.4 is 15.5 Å². The lowest BCUT2D eigenvalue weighted by molar-refractivity contribution is -0.119. The maximum absolute atomic E-state index is 12.1. The van der Waals surface area contributed by atoms with Gasteiger partial charge in [0.25, 0.3) is 0 Å². The molecule has 1 saturated heterocycles. The highest BCUT2D eigenvalue weighted by molar-refractivity contribution is 7.80. The summed E-state index contributed by atoms with van der Waals surface area (Å²) in [6.07, 6.45) is 1.78. The topological polar surface area (TPSA) is 71.4 Å². The summed E-state index contributed by atoms with van der Waals surface area (Å²) in [7, 11) is 1.47. The predicted molar refractivity (Wildman–Crippen MR) is 165 cm³/mol. The molecule has 40 heavy (non-hydrogen) atoms. The number of pyridine rings is 1. The molecule has 7 nitrogen and oxygen atoms in total. The van der Waals surface area contributed by atoms with Crippen molar-refractivity contribution in [3.63, 3.8) is 0 Å². The number of rotatable bonds is 7. The standard InChI is InChI=1S/C30H29Cl2N5O2S/c1-17-14-21(19(3)36(17)26-10-7-8-22(31)18(26)2)29-28(25-9-5-6-13-33-25)35-30(40)37(29)20-11-12-24(23(32)15-20)34-27(38)16-39-4/h5-15,28-29H,16H2,1-4H3,(H,34,38)(H,35,40). The van der Waals surface area contributed by atoms with Gasteiger partial charge in [-0.25, -0.2) is 0 Å². The summed E-state index contributed by atoms with van der Waals surface area (Å²) in [6.45, 7) is 6.17. The molecule has 1 fully saturated rings. The summed E-state index contributed by atoms with van der Waals surface area (Å²) in [6, 6.07) is 19.0. The Labute approximate surface area is 249 Å². The first-order valence-corrected chi connectivity index (χ1v) is 13.9. The summed E-state index contributed by atoms with van der Waals surface area (Å²) in [5.74, 6) is -0.285. The van der Waals surface area contributed by atoms with E-state index in [0.29, 0.717) is 15.8 Å². The molecule has 0 aliphatic carbocycles. The van der Waals surface area contributed by atoms with Gasteiger partial charge in [0, 0.05) is 41.1 Å². The van der Waals surface area contributed by atoms with Crippen LogP contribution >= 0.6 is 35.4 Å². The molecule has 2 unspecified atom stereocenters. The number of nitrogens with zero attached hydrogens (tertiary/aromatic N) is 3. The summed E-state index contributed by atoms with van der Waals surface area (Å²) in [5, 5.41) is 7.94. The zero-order chi connectivity index (χ0) is 28.6. The van der Waals surface area contributed by atoms with E-state index in [9.17, 15) is 4.79 Å². The molecule has 2 atom stereocenters. The SMILES string of the molecule is COCC(=O)Nc1ccc(N2C(=S)NC(c3ccccn3)C2c2cc(C)n(-c3cccc(Cl)c3C)c2C)cc1Cl. The largest absolute Gasteiger partial charge is 0.375 e. The van der Waals surface area contributed by atoms with E-state index in [1.165, 1.54) is 7.11 Å². The second-order valence-corrected chi connectivity index (χ2v) is 10.9. The number of benzene rings is 2. The van der Waals surface area contributed by atoms with Crippen molar-refractivity contribution in [2.75, 3.05) is 23.9 Å². The number of carbonyl (C=O) groups is 1. The number of amides is 1. The Morgan fingerprint density at radius 2 is 1.88 bits per heavy atom. The molecule has 4 aromatic rings. The molecule has 2 N–H and O–H groups in total. The van der Waals surface area contributed by atoms with E-state index in [2.05, 4.69) is 51.1 Å². The first-order chi connectivity index (χ1) is 19.2. The van der Waals surface area contributed by atoms with Crippen LogP contribution in [0.3, 0.4) is 0 Å². The zero-order valence-electron chi connectivity index (χ0n) is 22.5. The van der Waals surface area contributed by atoms with Crippen LogP contribution in [0.4, 0.5) is 11.4 Å². The van der Waals surface area contributed by atoms with Crippen LogP contribution in [0, 0.1) is 20.8 Å². The van der Waals surface area contributed by atoms with Gasteiger partial charge in [-0.05, 0) is 92.6 Å². The van der Waals surface area contributed by atoms with E-state index in [0.717, 1.165) is 44.6 Å². The van der Waals surface area contributed by atoms with E-state index in [-0.39, 0.29) is 24.6 Å². The van der Waals surface area contributed by atoms with Crippen molar-refractivity contribution in [1.29, 1.82) is 0 Å². The van der Waals surface area contributed by atoms with Crippen molar-refractivity contribution < 1.29 is 9.53 Å². The van der Waals surface area contributed by atoms with Crippen molar-refractivity contribution in [2.24, 2.45) is 0 Å². The van der Waals surface area contributed by atoms with Crippen LogP contribution in [0.1, 0.15) is 40.3 Å². The van der Waals surface area contributed by atoms with Gasteiger partial charge in [-0.15, -0.1) is 0 Å². The van der Waals surface area contributed by atoms with Crippen molar-refractivity contribution in [1.82, 2.24) is 14.9 Å². The minimum atomic E-state index is -0.285. The molecule has 10 heteroatoms. The van der Waals surface area contributed by atoms with Gasteiger partial charge < -0.3 is 24.8 Å². The molecule has 1 aliphatic heterocycles. The predicted octanol–water partition coefficient (Wildman–Crippen LogP) is 6.87. The maximum atomic E-state index is 12.1. The Hall–Kier alpha value is -3.43. The smallest absolute Gasteiger partial charge is 0.250 e. The Bertz CT molecular complexity index is 1590. The average Bonchev–Trinajstić information content (AvgIpc) is 3.42. The van der Waals surface area contributed by atoms with Gasteiger partial charge in [0.1, 0.15) is 6.61 Å². The van der Waals surface area contributed by atoms with Gasteiger partial charge in [-0.2, -0.15) is 0 Å². The van der Waals surface area contributed by atoms with Gasteiger partial charge in [0.15, 0.2) is 5.11 Å². The third-order valence-electron chi connectivity index (χ3n) is 7.15. The number of ether oxygens (including phenoxy) is 1. The van der Waals surface area contributed by atoms with Crippen molar-refractivity contribution >= 4 is 57.8 Å². The molecule has 3 heterocycles. The molecular formula is C30H29Cl2N5O2S. The second kappa shape index (κ2) is 11.6. The number of hydrogen-bond donors (Lipinski definition) is 2. The number of nitrogens with one attached hydrogen (secondary N) is 2. The highest BCUT2D eigenvalue weighted by atomic mass is 35.5.